The third kappa shape index (κ3) is 3.74. The number of nitrogens with two attached hydrogens (primary N) is 1. The van der Waals surface area contributed by atoms with Crippen LogP contribution in [-0.4, -0.2) is 23.9 Å². The van der Waals surface area contributed by atoms with E-state index in [9.17, 15) is 22.0 Å². The third-order valence-electron chi connectivity index (χ3n) is 4.68. The molecule has 2 aromatic carbocycles. The standard InChI is InChI=1S/C20H19F5N2O/c1-2-20(26,28-11-19(24,25)18(22)23)16-6-4-3-5-13(16)15-10-27-17-9-12(21)7-8-14(15)17/h3-10,18,27H,2,11,26H2,1H3. The Balaban J connectivity index is 2.04. The number of hydrogen-bond donors (Lipinski definition) is 2. The van der Waals surface area contributed by atoms with E-state index in [4.69, 9.17) is 10.5 Å². The highest BCUT2D eigenvalue weighted by atomic mass is 19.3. The first-order valence-corrected chi connectivity index (χ1v) is 8.63. The molecular formula is C20H19F5N2O. The van der Waals surface area contributed by atoms with Gasteiger partial charge in [0.05, 0.1) is 0 Å². The van der Waals surface area contributed by atoms with Gasteiger partial charge in [0, 0.05) is 28.2 Å². The molecule has 1 aromatic heterocycles. The fourth-order valence-corrected chi connectivity index (χ4v) is 3.07. The molecule has 1 heterocycles. The maximum Gasteiger partial charge on any atom is 0.330 e. The molecule has 0 aliphatic rings. The van der Waals surface area contributed by atoms with Gasteiger partial charge in [-0.2, -0.15) is 8.78 Å². The molecule has 1 atom stereocenters. The number of aromatic amines is 1. The number of benzene rings is 2. The molecule has 0 amide bonds. The molecule has 3 rings (SSSR count). The lowest BCUT2D eigenvalue weighted by Crippen LogP contribution is -2.44. The SMILES string of the molecule is CCC(N)(OCC(F)(F)C(F)F)c1ccccc1-c1c[nH]c2cc(F)ccc12. The van der Waals surface area contributed by atoms with Gasteiger partial charge in [0.1, 0.15) is 18.1 Å². The molecule has 3 nitrogen and oxygen atoms in total. The van der Waals surface area contributed by atoms with Gasteiger partial charge in [-0.15, -0.1) is 0 Å². The first kappa shape index (κ1) is 20.3. The van der Waals surface area contributed by atoms with Crippen LogP contribution in [0.4, 0.5) is 22.0 Å². The van der Waals surface area contributed by atoms with E-state index in [1.165, 1.54) is 12.1 Å². The molecule has 28 heavy (non-hydrogen) atoms. The number of H-pyrrole nitrogens is 1. The molecule has 0 bridgehead atoms. The Morgan fingerprint density at radius 2 is 1.82 bits per heavy atom. The number of fused-ring (bicyclic) bond motifs is 1. The first-order chi connectivity index (χ1) is 13.2. The smallest absolute Gasteiger partial charge is 0.330 e. The van der Waals surface area contributed by atoms with Crippen molar-refractivity contribution in [1.82, 2.24) is 4.98 Å². The molecule has 0 aliphatic carbocycles. The Morgan fingerprint density at radius 1 is 1.11 bits per heavy atom. The van der Waals surface area contributed by atoms with Crippen molar-refractivity contribution in [2.24, 2.45) is 5.73 Å². The van der Waals surface area contributed by atoms with Gasteiger partial charge >= 0.3 is 12.3 Å². The topological polar surface area (TPSA) is 51.0 Å². The Kier molecular flexibility index (Phi) is 5.45. The van der Waals surface area contributed by atoms with Gasteiger partial charge in [0.25, 0.3) is 0 Å². The molecule has 0 aliphatic heterocycles. The van der Waals surface area contributed by atoms with E-state index >= 15 is 0 Å². The maximum absolute atomic E-state index is 13.5. The average molecular weight is 398 g/mol. The molecule has 1 unspecified atom stereocenters. The number of hydrogen-bond acceptors (Lipinski definition) is 2. The van der Waals surface area contributed by atoms with Crippen LogP contribution in [0.25, 0.3) is 22.0 Å². The largest absolute Gasteiger partial charge is 0.360 e. The number of nitrogens with one attached hydrogen (secondary N) is 1. The fourth-order valence-electron chi connectivity index (χ4n) is 3.07. The second kappa shape index (κ2) is 7.52. The third-order valence-corrected chi connectivity index (χ3v) is 4.68. The van der Waals surface area contributed by atoms with E-state index in [2.05, 4.69) is 4.98 Å². The Bertz CT molecular complexity index is 972. The normalized spacial score (nSPS) is 14.6. The number of aromatic nitrogens is 1. The van der Waals surface area contributed by atoms with Crippen molar-refractivity contribution in [3.63, 3.8) is 0 Å². The minimum atomic E-state index is -4.31. The molecule has 0 saturated carbocycles. The van der Waals surface area contributed by atoms with Crippen LogP contribution in [0, 0.1) is 5.82 Å². The van der Waals surface area contributed by atoms with E-state index in [0.717, 1.165) is 0 Å². The van der Waals surface area contributed by atoms with E-state index < -0.39 is 30.5 Å². The first-order valence-electron chi connectivity index (χ1n) is 8.63. The summed E-state index contributed by atoms with van der Waals surface area (Å²) < 4.78 is 70.3. The number of rotatable bonds is 7. The lowest BCUT2D eigenvalue weighted by Gasteiger charge is -2.32. The molecule has 0 saturated heterocycles. The van der Waals surface area contributed by atoms with E-state index in [1.807, 2.05) is 0 Å². The fraction of sp³-hybridized carbons (Fsp3) is 0.300. The number of halogens is 5. The predicted octanol–water partition coefficient (Wildman–Crippen LogP) is 5.41. The van der Waals surface area contributed by atoms with E-state index in [0.29, 0.717) is 27.6 Å². The molecule has 8 heteroatoms. The molecule has 0 fully saturated rings. The van der Waals surface area contributed by atoms with Gasteiger partial charge in [0.2, 0.25) is 0 Å². The highest BCUT2D eigenvalue weighted by Crippen LogP contribution is 2.38. The lowest BCUT2D eigenvalue weighted by molar-refractivity contribution is -0.197. The monoisotopic (exact) mass is 398 g/mol. The summed E-state index contributed by atoms with van der Waals surface area (Å²) in [7, 11) is 0. The Labute approximate surface area is 158 Å². The molecule has 150 valence electrons. The van der Waals surface area contributed by atoms with Crippen LogP contribution < -0.4 is 5.73 Å². The highest BCUT2D eigenvalue weighted by Gasteiger charge is 2.44. The summed E-state index contributed by atoms with van der Waals surface area (Å²) in [6.45, 7) is 0.102. The van der Waals surface area contributed by atoms with E-state index in [-0.39, 0.29) is 6.42 Å². The Hall–Kier alpha value is -2.45. The van der Waals surface area contributed by atoms with Crippen LogP contribution in [0.2, 0.25) is 0 Å². The lowest BCUT2D eigenvalue weighted by atomic mass is 9.91. The quantitative estimate of drug-likeness (QED) is 0.413. The summed E-state index contributed by atoms with van der Waals surface area (Å²) in [5.74, 6) is -4.72. The summed E-state index contributed by atoms with van der Waals surface area (Å²) in [6.07, 6.45) is -2.14. The van der Waals surface area contributed by atoms with Crippen molar-refractivity contribution in [2.45, 2.75) is 31.4 Å². The van der Waals surface area contributed by atoms with Gasteiger partial charge in [-0.3, -0.25) is 5.73 Å². The van der Waals surface area contributed by atoms with Crippen LogP contribution >= 0.6 is 0 Å². The summed E-state index contributed by atoms with van der Waals surface area (Å²) in [4.78, 5) is 2.95. The zero-order chi connectivity index (χ0) is 20.5. The van der Waals surface area contributed by atoms with Crippen LogP contribution in [-0.2, 0) is 10.5 Å². The van der Waals surface area contributed by atoms with Crippen molar-refractivity contribution >= 4 is 10.9 Å². The van der Waals surface area contributed by atoms with Gasteiger partial charge in [-0.05, 0) is 30.2 Å². The number of ether oxygens (including phenoxy) is 1. The van der Waals surface area contributed by atoms with Gasteiger partial charge in [-0.1, -0.05) is 31.2 Å². The summed E-state index contributed by atoms with van der Waals surface area (Å²) in [5, 5.41) is 0.699. The van der Waals surface area contributed by atoms with Crippen molar-refractivity contribution in [1.29, 1.82) is 0 Å². The summed E-state index contributed by atoms with van der Waals surface area (Å²) >= 11 is 0. The maximum atomic E-state index is 13.5. The zero-order valence-corrected chi connectivity index (χ0v) is 15.0. The van der Waals surface area contributed by atoms with Crippen molar-refractivity contribution in [3.8, 4) is 11.1 Å². The predicted molar refractivity (Wildman–Crippen MR) is 96.8 cm³/mol. The van der Waals surface area contributed by atoms with Gasteiger partial charge in [0.15, 0.2) is 0 Å². The van der Waals surface area contributed by atoms with Crippen LogP contribution in [0.5, 0.6) is 0 Å². The molecular weight excluding hydrogens is 379 g/mol. The zero-order valence-electron chi connectivity index (χ0n) is 15.0. The molecule has 3 aromatic rings. The molecule has 0 radical (unpaired) electrons. The van der Waals surface area contributed by atoms with Crippen LogP contribution in [0.15, 0.2) is 48.7 Å². The summed E-state index contributed by atoms with van der Waals surface area (Å²) in [5.41, 5.74) is 6.68. The average Bonchev–Trinajstić information content (AvgIpc) is 3.09. The van der Waals surface area contributed by atoms with Crippen LogP contribution in [0.1, 0.15) is 18.9 Å². The molecule has 3 N–H and O–H groups in total. The minimum absolute atomic E-state index is 0.0698. The Morgan fingerprint density at radius 3 is 2.50 bits per heavy atom. The van der Waals surface area contributed by atoms with Crippen LogP contribution in [0.3, 0.4) is 0 Å². The summed E-state index contributed by atoms with van der Waals surface area (Å²) in [6, 6.07) is 10.9. The van der Waals surface area contributed by atoms with Gasteiger partial charge < -0.3 is 9.72 Å². The van der Waals surface area contributed by atoms with Gasteiger partial charge in [-0.25, -0.2) is 13.2 Å². The second-order valence-electron chi connectivity index (χ2n) is 6.53. The second-order valence-corrected chi connectivity index (χ2v) is 6.53. The molecule has 0 spiro atoms. The van der Waals surface area contributed by atoms with Crippen molar-refractivity contribution in [2.75, 3.05) is 6.61 Å². The van der Waals surface area contributed by atoms with Crippen molar-refractivity contribution in [3.05, 3.63) is 60.0 Å². The number of alkyl halides is 4. The van der Waals surface area contributed by atoms with E-state index in [1.54, 1.807) is 43.5 Å². The van der Waals surface area contributed by atoms with Crippen molar-refractivity contribution < 1.29 is 26.7 Å². The minimum Gasteiger partial charge on any atom is -0.360 e. The highest BCUT2D eigenvalue weighted by molar-refractivity contribution is 5.96.